The maximum Gasteiger partial charge on any atom is 0.171 e. The molecule has 0 saturated heterocycles. The number of ether oxygens (including phenoxy) is 2. The van der Waals surface area contributed by atoms with E-state index in [0.29, 0.717) is 6.54 Å². The highest BCUT2D eigenvalue weighted by Gasteiger charge is 2.30. The van der Waals surface area contributed by atoms with Gasteiger partial charge in [-0.1, -0.05) is 6.07 Å². The lowest BCUT2D eigenvalue weighted by atomic mass is 10.1. The molecule has 3 atom stereocenters. The molecule has 0 bridgehead atoms. The van der Waals surface area contributed by atoms with Crippen molar-refractivity contribution in [3.63, 3.8) is 0 Å². The number of hydrogen-bond donors (Lipinski definition) is 2. The normalized spacial score (nSPS) is 16.2. The van der Waals surface area contributed by atoms with Crippen LogP contribution in [-0.4, -0.2) is 47.4 Å². The summed E-state index contributed by atoms with van der Waals surface area (Å²) in [6.45, 7) is 8.46. The highest BCUT2D eigenvalue weighted by atomic mass is 32.2. The van der Waals surface area contributed by atoms with Gasteiger partial charge in [0.15, 0.2) is 6.29 Å². The van der Waals surface area contributed by atoms with Crippen molar-refractivity contribution in [3.05, 3.63) is 29.3 Å². The Morgan fingerprint density at radius 1 is 1.27 bits per heavy atom. The second-order valence-corrected chi connectivity index (χ2v) is 10.1. The third-order valence-corrected chi connectivity index (χ3v) is 6.50. The van der Waals surface area contributed by atoms with E-state index in [-0.39, 0.29) is 23.1 Å². The maximum absolute atomic E-state index is 12.7. The van der Waals surface area contributed by atoms with Gasteiger partial charge in [0.05, 0.1) is 27.8 Å². The summed E-state index contributed by atoms with van der Waals surface area (Å²) in [6, 6.07) is 6.04. The quantitative estimate of drug-likeness (QED) is 0.499. The first kappa shape index (κ1) is 21.6. The third kappa shape index (κ3) is 5.63. The predicted octanol–water partition coefficient (Wildman–Crippen LogP) is 2.99. The number of thiazole rings is 1. The number of rotatable bonds is 9. The number of hydrogen-bond acceptors (Lipinski definition) is 7. The topological polar surface area (TPSA) is 78.5 Å². The third-order valence-electron chi connectivity index (χ3n) is 4.08. The summed E-state index contributed by atoms with van der Waals surface area (Å²) < 4.78 is 27.3. The molecule has 6 nitrogen and oxygen atoms in total. The van der Waals surface area contributed by atoms with Gasteiger partial charge in [-0.05, 0) is 45.4 Å². The van der Waals surface area contributed by atoms with E-state index in [9.17, 15) is 4.55 Å². The highest BCUT2D eigenvalue weighted by Crippen LogP contribution is 2.25. The standard InChI is InChI=1S/C18H29N3O3S2/c1-12(17(23-5)24-6)19-10-15(21-26(22)18(2,3)4)13-7-8-16-14(9-13)20-11-25-16/h7-9,11-12,15,17,19,21H,10H2,1-6H3/t12-,15-,26+/m1/s1. The van der Waals surface area contributed by atoms with Crippen LogP contribution in [0.25, 0.3) is 10.2 Å². The summed E-state index contributed by atoms with van der Waals surface area (Å²) in [4.78, 5) is 4.39. The van der Waals surface area contributed by atoms with E-state index >= 15 is 0 Å². The number of benzene rings is 1. The molecule has 26 heavy (non-hydrogen) atoms. The van der Waals surface area contributed by atoms with E-state index in [2.05, 4.69) is 33.2 Å². The first-order valence-electron chi connectivity index (χ1n) is 8.56. The predicted molar refractivity (Wildman–Crippen MR) is 109 cm³/mol. The Balaban J connectivity index is 2.18. The van der Waals surface area contributed by atoms with Gasteiger partial charge in [0.2, 0.25) is 0 Å². The van der Waals surface area contributed by atoms with Gasteiger partial charge in [0, 0.05) is 32.1 Å². The Kier molecular flexibility index (Phi) is 7.84. The van der Waals surface area contributed by atoms with Crippen LogP contribution in [0.3, 0.4) is 0 Å². The number of nitrogens with one attached hydrogen (secondary N) is 2. The molecule has 1 aromatic heterocycles. The molecule has 146 valence electrons. The molecule has 0 spiro atoms. The van der Waals surface area contributed by atoms with Crippen molar-refractivity contribution in [1.82, 2.24) is 15.0 Å². The fourth-order valence-electron chi connectivity index (χ4n) is 2.53. The molecule has 0 radical (unpaired) electrons. The molecule has 0 aliphatic carbocycles. The first-order valence-corrected chi connectivity index (χ1v) is 10.6. The molecule has 0 amide bonds. The molecule has 0 saturated carbocycles. The number of nitrogens with zero attached hydrogens (tertiary/aromatic N) is 1. The van der Waals surface area contributed by atoms with Gasteiger partial charge >= 0.3 is 0 Å². The van der Waals surface area contributed by atoms with Crippen LogP contribution in [0.5, 0.6) is 0 Å². The molecule has 8 heteroatoms. The molecule has 1 aromatic carbocycles. The average Bonchev–Trinajstić information content (AvgIpc) is 3.06. The average molecular weight is 400 g/mol. The van der Waals surface area contributed by atoms with E-state index in [0.717, 1.165) is 15.8 Å². The number of methoxy groups -OCH3 is 2. The van der Waals surface area contributed by atoms with Crippen molar-refractivity contribution in [2.75, 3.05) is 20.8 Å². The van der Waals surface area contributed by atoms with Crippen molar-refractivity contribution in [3.8, 4) is 0 Å². The lowest BCUT2D eigenvalue weighted by molar-refractivity contribution is -0.119. The Bertz CT molecular complexity index is 686. The minimum Gasteiger partial charge on any atom is -0.598 e. The van der Waals surface area contributed by atoms with E-state index in [1.807, 2.05) is 33.2 Å². The van der Waals surface area contributed by atoms with Gasteiger partial charge in [0.25, 0.3) is 0 Å². The molecule has 0 aliphatic rings. The smallest absolute Gasteiger partial charge is 0.171 e. The van der Waals surface area contributed by atoms with Crippen LogP contribution in [0.15, 0.2) is 23.7 Å². The monoisotopic (exact) mass is 399 g/mol. The van der Waals surface area contributed by atoms with Gasteiger partial charge in [-0.25, -0.2) is 4.98 Å². The van der Waals surface area contributed by atoms with Crippen molar-refractivity contribution < 1.29 is 14.0 Å². The SMILES string of the molecule is COC(OC)[C@@H](C)NC[C@@H](N[S@@+]([O-])C(C)(C)C)c1ccc2scnc2c1. The van der Waals surface area contributed by atoms with Crippen molar-refractivity contribution >= 4 is 32.9 Å². The minimum atomic E-state index is -1.19. The summed E-state index contributed by atoms with van der Waals surface area (Å²) >= 11 is 0.423. The molecule has 0 unspecified atom stereocenters. The van der Waals surface area contributed by atoms with Crippen LogP contribution in [-0.2, 0) is 20.8 Å². The molecule has 0 fully saturated rings. The Morgan fingerprint density at radius 2 is 1.96 bits per heavy atom. The van der Waals surface area contributed by atoms with E-state index < -0.39 is 11.4 Å². The van der Waals surface area contributed by atoms with Gasteiger partial charge in [0.1, 0.15) is 4.75 Å². The van der Waals surface area contributed by atoms with Gasteiger partial charge in [-0.2, -0.15) is 0 Å². The summed E-state index contributed by atoms with van der Waals surface area (Å²) in [5.74, 6) is 0. The highest BCUT2D eigenvalue weighted by molar-refractivity contribution is 7.90. The zero-order valence-corrected chi connectivity index (χ0v) is 17.9. The van der Waals surface area contributed by atoms with Crippen LogP contribution in [0, 0.1) is 0 Å². The van der Waals surface area contributed by atoms with Gasteiger partial charge in [-0.15, -0.1) is 16.1 Å². The number of fused-ring (bicyclic) bond motifs is 1. The second kappa shape index (κ2) is 9.45. The lowest BCUT2D eigenvalue weighted by Gasteiger charge is -2.30. The fourth-order valence-corrected chi connectivity index (χ4v) is 4.02. The Labute approximate surface area is 163 Å². The van der Waals surface area contributed by atoms with Crippen molar-refractivity contribution in [1.29, 1.82) is 0 Å². The Hall–Kier alpha value is -0.740. The van der Waals surface area contributed by atoms with E-state index in [1.165, 1.54) is 0 Å². The molecule has 0 aliphatic heterocycles. The lowest BCUT2D eigenvalue weighted by Crippen LogP contribution is -2.47. The largest absolute Gasteiger partial charge is 0.598 e. The Morgan fingerprint density at radius 3 is 2.58 bits per heavy atom. The van der Waals surface area contributed by atoms with Crippen LogP contribution in [0.4, 0.5) is 0 Å². The maximum atomic E-state index is 12.7. The van der Waals surface area contributed by atoms with Crippen LogP contribution in [0.2, 0.25) is 0 Å². The summed E-state index contributed by atoms with van der Waals surface area (Å²) in [5, 5.41) is 3.42. The minimum absolute atomic E-state index is 0.0135. The summed E-state index contributed by atoms with van der Waals surface area (Å²) in [7, 11) is 3.24. The van der Waals surface area contributed by atoms with E-state index in [4.69, 9.17) is 9.47 Å². The summed E-state index contributed by atoms with van der Waals surface area (Å²) in [5.41, 5.74) is 3.85. The zero-order valence-electron chi connectivity index (χ0n) is 16.2. The zero-order chi connectivity index (χ0) is 19.3. The fraction of sp³-hybridized carbons (Fsp3) is 0.611. The summed E-state index contributed by atoms with van der Waals surface area (Å²) in [6.07, 6.45) is -0.343. The molecular weight excluding hydrogens is 370 g/mol. The molecule has 2 rings (SSSR count). The number of aromatic nitrogens is 1. The molecule has 2 aromatic rings. The molecule has 1 heterocycles. The van der Waals surface area contributed by atoms with Crippen LogP contribution in [0.1, 0.15) is 39.3 Å². The van der Waals surface area contributed by atoms with E-state index in [1.54, 1.807) is 25.6 Å². The molecular formula is C18H29N3O3S2. The second-order valence-electron chi connectivity index (χ2n) is 7.17. The van der Waals surface area contributed by atoms with Gasteiger partial charge < -0.3 is 19.3 Å². The van der Waals surface area contributed by atoms with Crippen molar-refractivity contribution in [2.45, 2.75) is 50.8 Å². The van der Waals surface area contributed by atoms with Crippen molar-refractivity contribution in [2.24, 2.45) is 0 Å². The van der Waals surface area contributed by atoms with Crippen LogP contribution < -0.4 is 10.0 Å². The van der Waals surface area contributed by atoms with Crippen LogP contribution >= 0.6 is 11.3 Å². The molecule has 2 N–H and O–H groups in total. The van der Waals surface area contributed by atoms with Gasteiger partial charge in [-0.3, -0.25) is 0 Å². The first-order chi connectivity index (χ1) is 12.3.